The summed E-state index contributed by atoms with van der Waals surface area (Å²) in [5.74, 6) is 0. The lowest BCUT2D eigenvalue weighted by Gasteiger charge is -2.09. The van der Waals surface area contributed by atoms with Crippen LogP contribution in [0.15, 0.2) is 42.6 Å². The van der Waals surface area contributed by atoms with Gasteiger partial charge in [-0.1, -0.05) is 40.9 Å². The maximum absolute atomic E-state index is 6.21. The van der Waals surface area contributed by atoms with E-state index in [4.69, 9.17) is 34.8 Å². The maximum Gasteiger partial charge on any atom is 0.160 e. The highest BCUT2D eigenvalue weighted by molar-refractivity contribution is 6.41. The number of pyridine rings is 2. The monoisotopic (exact) mass is 308 g/mol. The zero-order valence-corrected chi connectivity index (χ0v) is 11.8. The molecule has 2 nitrogen and oxygen atoms in total. The van der Waals surface area contributed by atoms with Gasteiger partial charge < -0.3 is 0 Å². The molecule has 19 heavy (non-hydrogen) atoms. The van der Waals surface area contributed by atoms with Crippen molar-refractivity contribution in [2.45, 2.75) is 0 Å². The average molecular weight is 310 g/mol. The molecule has 2 aromatic heterocycles. The Morgan fingerprint density at radius 1 is 0.895 bits per heavy atom. The lowest BCUT2D eigenvalue weighted by Crippen LogP contribution is -1.89. The fourth-order valence-corrected chi connectivity index (χ4v) is 2.74. The molecule has 0 fully saturated rings. The summed E-state index contributed by atoms with van der Waals surface area (Å²) in [6.07, 6.45) is 1.67. The van der Waals surface area contributed by atoms with Gasteiger partial charge >= 0.3 is 0 Å². The van der Waals surface area contributed by atoms with Crippen molar-refractivity contribution in [1.82, 2.24) is 9.97 Å². The predicted octanol–water partition coefficient (Wildman–Crippen LogP) is 5.26. The third kappa shape index (κ3) is 2.27. The van der Waals surface area contributed by atoms with Crippen LogP contribution in [0.25, 0.3) is 22.2 Å². The quantitative estimate of drug-likeness (QED) is 0.573. The van der Waals surface area contributed by atoms with Crippen LogP contribution in [0.3, 0.4) is 0 Å². The van der Waals surface area contributed by atoms with Gasteiger partial charge in [0.1, 0.15) is 5.15 Å². The van der Waals surface area contributed by atoms with Gasteiger partial charge in [0.15, 0.2) is 5.65 Å². The van der Waals surface area contributed by atoms with Crippen molar-refractivity contribution in [1.29, 1.82) is 0 Å². The Bertz CT molecular complexity index is 751. The van der Waals surface area contributed by atoms with E-state index in [1.165, 1.54) is 0 Å². The molecule has 0 saturated heterocycles. The van der Waals surface area contributed by atoms with Crippen LogP contribution >= 0.6 is 34.8 Å². The van der Waals surface area contributed by atoms with E-state index in [9.17, 15) is 0 Å². The molecule has 0 aliphatic carbocycles. The van der Waals surface area contributed by atoms with Crippen LogP contribution in [0.5, 0.6) is 0 Å². The molecule has 0 aliphatic rings. The van der Waals surface area contributed by atoms with Gasteiger partial charge in [-0.15, -0.1) is 0 Å². The van der Waals surface area contributed by atoms with Crippen molar-refractivity contribution < 1.29 is 0 Å². The van der Waals surface area contributed by atoms with Gasteiger partial charge in [0.25, 0.3) is 0 Å². The van der Waals surface area contributed by atoms with Crippen molar-refractivity contribution in [3.63, 3.8) is 0 Å². The highest BCUT2D eigenvalue weighted by atomic mass is 35.5. The lowest BCUT2D eigenvalue weighted by molar-refractivity contribution is 1.29. The first-order valence-corrected chi connectivity index (χ1v) is 6.66. The first kappa shape index (κ1) is 12.7. The van der Waals surface area contributed by atoms with Crippen LogP contribution in [0.1, 0.15) is 0 Å². The summed E-state index contributed by atoms with van der Waals surface area (Å²) in [5, 5.41) is 2.30. The molecule has 0 spiro atoms. The van der Waals surface area contributed by atoms with E-state index in [1.807, 2.05) is 18.2 Å². The summed E-state index contributed by atoms with van der Waals surface area (Å²) in [4.78, 5) is 8.43. The Hall–Kier alpha value is -1.35. The fraction of sp³-hybridized carbons (Fsp3) is 0. The summed E-state index contributed by atoms with van der Waals surface area (Å²) in [6, 6.07) is 11.0. The van der Waals surface area contributed by atoms with Crippen molar-refractivity contribution in [3.8, 4) is 11.1 Å². The number of benzene rings is 1. The Kier molecular flexibility index (Phi) is 3.31. The summed E-state index contributed by atoms with van der Waals surface area (Å²) in [6.45, 7) is 0. The Labute approximate surface area is 125 Å². The molecule has 3 aromatic rings. The number of rotatable bonds is 1. The standard InChI is InChI=1S/C14H7Cl3N2/c15-10-4-1-5-11(16)12(10)9-7-8-3-2-6-18-14(8)19-13(9)17/h1-7H. The number of aromatic nitrogens is 2. The molecular formula is C14H7Cl3N2. The Balaban J connectivity index is 2.33. The number of halogens is 3. The van der Waals surface area contributed by atoms with Crippen LogP contribution in [0.2, 0.25) is 15.2 Å². The molecule has 1 aromatic carbocycles. The van der Waals surface area contributed by atoms with Crippen LogP contribution in [0.4, 0.5) is 0 Å². The van der Waals surface area contributed by atoms with E-state index in [0.717, 1.165) is 5.39 Å². The summed E-state index contributed by atoms with van der Waals surface area (Å²) < 4.78 is 0. The Morgan fingerprint density at radius 3 is 2.37 bits per heavy atom. The van der Waals surface area contributed by atoms with Gasteiger partial charge in [-0.25, -0.2) is 9.97 Å². The highest BCUT2D eigenvalue weighted by Gasteiger charge is 2.14. The third-order valence-electron chi connectivity index (χ3n) is 2.78. The minimum Gasteiger partial charge on any atom is -0.237 e. The largest absolute Gasteiger partial charge is 0.237 e. The highest BCUT2D eigenvalue weighted by Crippen LogP contribution is 2.38. The van der Waals surface area contributed by atoms with Crippen molar-refractivity contribution in [2.75, 3.05) is 0 Å². The average Bonchev–Trinajstić information content (AvgIpc) is 2.39. The lowest BCUT2D eigenvalue weighted by atomic mass is 10.1. The minimum atomic E-state index is 0.334. The second-order valence-electron chi connectivity index (χ2n) is 3.97. The predicted molar refractivity (Wildman–Crippen MR) is 80.0 cm³/mol. The zero-order chi connectivity index (χ0) is 13.4. The molecule has 0 bridgehead atoms. The van der Waals surface area contributed by atoms with E-state index < -0.39 is 0 Å². The van der Waals surface area contributed by atoms with Crippen LogP contribution in [-0.2, 0) is 0 Å². The zero-order valence-electron chi connectivity index (χ0n) is 9.57. The molecule has 3 rings (SSSR count). The van der Waals surface area contributed by atoms with Gasteiger partial charge in [-0.2, -0.15) is 0 Å². The molecule has 0 atom stereocenters. The van der Waals surface area contributed by atoms with Gasteiger partial charge in [0, 0.05) is 22.7 Å². The van der Waals surface area contributed by atoms with Gasteiger partial charge in [-0.05, 0) is 30.3 Å². The summed E-state index contributed by atoms with van der Waals surface area (Å²) in [5.41, 5.74) is 1.99. The van der Waals surface area contributed by atoms with E-state index in [2.05, 4.69) is 9.97 Å². The first-order valence-electron chi connectivity index (χ1n) is 5.52. The fourth-order valence-electron chi connectivity index (χ4n) is 1.91. The van der Waals surface area contributed by atoms with E-state index in [-0.39, 0.29) is 0 Å². The smallest absolute Gasteiger partial charge is 0.160 e. The third-order valence-corrected chi connectivity index (χ3v) is 3.69. The SMILES string of the molecule is Clc1cccc(Cl)c1-c1cc2cccnc2nc1Cl. The van der Waals surface area contributed by atoms with Crippen LogP contribution < -0.4 is 0 Å². The molecule has 0 aliphatic heterocycles. The van der Waals surface area contributed by atoms with E-state index >= 15 is 0 Å². The van der Waals surface area contributed by atoms with Gasteiger partial charge in [-0.3, -0.25) is 0 Å². The Morgan fingerprint density at radius 2 is 1.63 bits per heavy atom. The summed E-state index contributed by atoms with van der Waals surface area (Å²) >= 11 is 18.6. The number of fused-ring (bicyclic) bond motifs is 1. The first-order chi connectivity index (χ1) is 9.16. The van der Waals surface area contributed by atoms with Gasteiger partial charge in [0.05, 0.1) is 10.0 Å². The summed E-state index contributed by atoms with van der Waals surface area (Å²) in [7, 11) is 0. The second-order valence-corrected chi connectivity index (χ2v) is 5.15. The minimum absolute atomic E-state index is 0.334. The number of hydrogen-bond donors (Lipinski definition) is 0. The van der Waals surface area contributed by atoms with Gasteiger partial charge in [0.2, 0.25) is 0 Å². The van der Waals surface area contributed by atoms with Crippen LogP contribution in [-0.4, -0.2) is 9.97 Å². The molecular weight excluding hydrogens is 303 g/mol. The van der Waals surface area contributed by atoms with Crippen molar-refractivity contribution >= 4 is 45.8 Å². The normalized spacial score (nSPS) is 10.9. The van der Waals surface area contributed by atoms with Crippen LogP contribution in [0, 0.1) is 0 Å². The van der Waals surface area contributed by atoms with E-state index in [0.29, 0.717) is 32.0 Å². The number of hydrogen-bond acceptors (Lipinski definition) is 2. The van der Waals surface area contributed by atoms with Crippen molar-refractivity contribution in [2.24, 2.45) is 0 Å². The van der Waals surface area contributed by atoms with Crippen molar-refractivity contribution in [3.05, 3.63) is 57.8 Å². The number of nitrogens with zero attached hydrogens (tertiary/aromatic N) is 2. The molecule has 94 valence electrons. The molecule has 0 unspecified atom stereocenters. The molecule has 0 saturated carbocycles. The molecule has 5 heteroatoms. The maximum atomic E-state index is 6.21. The topological polar surface area (TPSA) is 25.8 Å². The molecule has 0 N–H and O–H groups in total. The molecule has 0 amide bonds. The molecule has 2 heterocycles. The van der Waals surface area contributed by atoms with E-state index in [1.54, 1.807) is 24.4 Å². The molecule has 0 radical (unpaired) electrons. The second kappa shape index (κ2) is 4.97.